The van der Waals surface area contributed by atoms with Crippen molar-refractivity contribution in [1.29, 1.82) is 0 Å². The average molecular weight is 402 g/mol. The van der Waals surface area contributed by atoms with E-state index < -0.39 is 0 Å². The third-order valence-corrected chi connectivity index (χ3v) is 4.18. The number of amides is 1. The Morgan fingerprint density at radius 2 is 1.92 bits per heavy atom. The van der Waals surface area contributed by atoms with Crippen LogP contribution >= 0.6 is 15.9 Å². The Balaban J connectivity index is 1.83. The molecule has 0 saturated carbocycles. The van der Waals surface area contributed by atoms with Gasteiger partial charge in [0.2, 0.25) is 0 Å². The van der Waals surface area contributed by atoms with Gasteiger partial charge in [0.25, 0.3) is 5.91 Å². The molecule has 1 aromatic heterocycles. The van der Waals surface area contributed by atoms with Gasteiger partial charge in [0.15, 0.2) is 0 Å². The lowest BCUT2D eigenvalue weighted by Crippen LogP contribution is -2.11. The summed E-state index contributed by atoms with van der Waals surface area (Å²) in [6.45, 7) is -0.163. The molecular formula is C19H16BrNO4. The van der Waals surface area contributed by atoms with E-state index >= 15 is 0 Å². The van der Waals surface area contributed by atoms with Gasteiger partial charge in [-0.3, -0.25) is 4.79 Å². The second kappa shape index (κ2) is 7.55. The molecule has 0 radical (unpaired) electrons. The van der Waals surface area contributed by atoms with Crippen molar-refractivity contribution >= 4 is 27.5 Å². The molecule has 1 heterocycles. The average Bonchev–Trinajstić information content (AvgIpc) is 3.11. The fraction of sp³-hybridized carbons (Fsp3) is 0.105. The molecular weight excluding hydrogens is 386 g/mol. The van der Waals surface area contributed by atoms with Crippen LogP contribution in [0, 0.1) is 0 Å². The number of benzene rings is 2. The Bertz CT molecular complexity index is 887. The van der Waals surface area contributed by atoms with E-state index in [0.717, 1.165) is 10.0 Å². The Labute approximate surface area is 153 Å². The second-order valence-corrected chi connectivity index (χ2v) is 6.22. The van der Waals surface area contributed by atoms with Crippen LogP contribution in [-0.4, -0.2) is 18.1 Å². The summed E-state index contributed by atoms with van der Waals surface area (Å²) in [7, 11) is 1.55. The Morgan fingerprint density at radius 3 is 2.56 bits per heavy atom. The Kier molecular flexibility index (Phi) is 5.21. The van der Waals surface area contributed by atoms with Crippen LogP contribution in [0.5, 0.6) is 5.75 Å². The molecule has 1 amide bonds. The molecule has 0 bridgehead atoms. The maximum atomic E-state index is 12.3. The number of carbonyl (C=O) groups is 1. The highest BCUT2D eigenvalue weighted by Gasteiger charge is 2.13. The van der Waals surface area contributed by atoms with E-state index in [-0.39, 0.29) is 12.5 Å². The van der Waals surface area contributed by atoms with Gasteiger partial charge < -0.3 is 19.6 Å². The van der Waals surface area contributed by atoms with Crippen molar-refractivity contribution in [3.05, 3.63) is 70.4 Å². The summed E-state index contributed by atoms with van der Waals surface area (Å²) in [4.78, 5) is 12.3. The molecule has 2 N–H and O–H groups in total. The highest BCUT2D eigenvalue weighted by molar-refractivity contribution is 9.10. The summed E-state index contributed by atoms with van der Waals surface area (Å²) in [5.74, 6) is 1.42. The van der Waals surface area contributed by atoms with Gasteiger partial charge in [-0.05, 0) is 48.5 Å². The van der Waals surface area contributed by atoms with Gasteiger partial charge in [0.1, 0.15) is 23.9 Å². The van der Waals surface area contributed by atoms with Crippen molar-refractivity contribution in [2.24, 2.45) is 0 Å². The summed E-state index contributed by atoms with van der Waals surface area (Å²) < 4.78 is 11.9. The van der Waals surface area contributed by atoms with Crippen molar-refractivity contribution in [2.75, 3.05) is 12.4 Å². The fourth-order valence-electron chi connectivity index (χ4n) is 2.38. The van der Waals surface area contributed by atoms with E-state index in [9.17, 15) is 4.79 Å². The van der Waals surface area contributed by atoms with E-state index in [2.05, 4.69) is 21.2 Å². The van der Waals surface area contributed by atoms with Crippen LogP contribution in [0.1, 0.15) is 16.1 Å². The lowest BCUT2D eigenvalue weighted by atomic mass is 10.1. The third-order valence-electron chi connectivity index (χ3n) is 3.65. The fourth-order valence-corrected chi connectivity index (χ4v) is 2.65. The molecule has 0 atom stereocenters. The summed E-state index contributed by atoms with van der Waals surface area (Å²) in [5.41, 5.74) is 1.91. The highest BCUT2D eigenvalue weighted by atomic mass is 79.9. The van der Waals surface area contributed by atoms with Gasteiger partial charge in [0.05, 0.1) is 12.7 Å². The van der Waals surface area contributed by atoms with Crippen molar-refractivity contribution in [1.82, 2.24) is 0 Å². The largest absolute Gasteiger partial charge is 0.496 e. The monoisotopic (exact) mass is 401 g/mol. The number of aliphatic hydroxyl groups excluding tert-OH is 1. The van der Waals surface area contributed by atoms with Crippen molar-refractivity contribution in [3.63, 3.8) is 0 Å². The molecule has 3 rings (SSSR count). The number of aliphatic hydroxyl groups is 1. The lowest BCUT2D eigenvalue weighted by Gasteiger charge is -2.10. The van der Waals surface area contributed by atoms with Gasteiger partial charge in [-0.1, -0.05) is 15.9 Å². The smallest absolute Gasteiger partial charge is 0.255 e. The maximum Gasteiger partial charge on any atom is 0.255 e. The van der Waals surface area contributed by atoms with Gasteiger partial charge in [0, 0.05) is 21.8 Å². The van der Waals surface area contributed by atoms with Crippen LogP contribution in [0.3, 0.4) is 0 Å². The topological polar surface area (TPSA) is 71.7 Å². The number of hydrogen-bond donors (Lipinski definition) is 2. The van der Waals surface area contributed by atoms with E-state index in [1.54, 1.807) is 49.6 Å². The zero-order valence-electron chi connectivity index (χ0n) is 13.5. The predicted molar refractivity (Wildman–Crippen MR) is 98.7 cm³/mol. The Morgan fingerprint density at radius 1 is 1.16 bits per heavy atom. The van der Waals surface area contributed by atoms with Crippen LogP contribution < -0.4 is 10.1 Å². The first-order chi connectivity index (χ1) is 12.1. The number of halogens is 1. The first kappa shape index (κ1) is 17.3. The molecule has 0 aliphatic rings. The summed E-state index contributed by atoms with van der Waals surface area (Å²) >= 11 is 3.34. The normalized spacial score (nSPS) is 10.5. The van der Waals surface area contributed by atoms with Gasteiger partial charge in [-0.25, -0.2) is 0 Å². The molecule has 128 valence electrons. The molecule has 0 saturated heterocycles. The number of hydrogen-bond acceptors (Lipinski definition) is 4. The summed E-state index contributed by atoms with van der Waals surface area (Å²) in [5, 5.41) is 12.0. The van der Waals surface area contributed by atoms with Gasteiger partial charge >= 0.3 is 0 Å². The standard InChI is InChI=1S/C19H16BrNO4/c1-24-18-10-14(21-19(23)12-2-4-13(20)5-3-12)6-8-16(18)17-9-7-15(11-22)25-17/h2-10,22H,11H2,1H3,(H,21,23). The number of rotatable bonds is 5. The number of furan rings is 1. The molecule has 6 heteroatoms. The van der Waals surface area contributed by atoms with Gasteiger partial charge in [-0.2, -0.15) is 0 Å². The quantitative estimate of drug-likeness (QED) is 0.661. The number of anilines is 1. The zero-order chi connectivity index (χ0) is 17.8. The number of carbonyl (C=O) groups excluding carboxylic acids is 1. The van der Waals surface area contributed by atoms with Crippen LogP contribution in [0.25, 0.3) is 11.3 Å². The molecule has 2 aromatic carbocycles. The molecule has 0 fully saturated rings. The molecule has 0 aliphatic heterocycles. The minimum absolute atomic E-state index is 0.163. The predicted octanol–water partition coefficient (Wildman–Crippen LogP) is 4.46. The lowest BCUT2D eigenvalue weighted by molar-refractivity contribution is 0.102. The zero-order valence-corrected chi connectivity index (χ0v) is 15.0. The molecule has 5 nitrogen and oxygen atoms in total. The first-order valence-corrected chi connectivity index (χ1v) is 8.35. The van der Waals surface area contributed by atoms with Crippen LogP contribution in [0.15, 0.2) is 63.5 Å². The highest BCUT2D eigenvalue weighted by Crippen LogP contribution is 2.33. The first-order valence-electron chi connectivity index (χ1n) is 7.55. The van der Waals surface area contributed by atoms with Gasteiger partial charge in [-0.15, -0.1) is 0 Å². The SMILES string of the molecule is COc1cc(NC(=O)c2ccc(Br)cc2)ccc1-c1ccc(CO)o1. The van der Waals surface area contributed by atoms with E-state index in [1.807, 2.05) is 12.1 Å². The summed E-state index contributed by atoms with van der Waals surface area (Å²) in [6.07, 6.45) is 0. The number of methoxy groups -OCH3 is 1. The number of ether oxygens (including phenoxy) is 1. The van der Waals surface area contributed by atoms with E-state index in [0.29, 0.717) is 28.5 Å². The second-order valence-electron chi connectivity index (χ2n) is 5.30. The molecule has 0 spiro atoms. The van der Waals surface area contributed by atoms with Crippen LogP contribution in [0.4, 0.5) is 5.69 Å². The minimum Gasteiger partial charge on any atom is -0.496 e. The molecule has 3 aromatic rings. The molecule has 25 heavy (non-hydrogen) atoms. The third kappa shape index (κ3) is 3.92. The van der Waals surface area contributed by atoms with Crippen molar-refractivity contribution in [3.8, 4) is 17.1 Å². The minimum atomic E-state index is -0.206. The summed E-state index contributed by atoms with van der Waals surface area (Å²) in [6, 6.07) is 15.9. The maximum absolute atomic E-state index is 12.3. The van der Waals surface area contributed by atoms with E-state index in [4.69, 9.17) is 14.3 Å². The van der Waals surface area contributed by atoms with Crippen molar-refractivity contribution in [2.45, 2.75) is 6.61 Å². The number of nitrogens with one attached hydrogen (secondary N) is 1. The van der Waals surface area contributed by atoms with Crippen LogP contribution in [-0.2, 0) is 6.61 Å². The van der Waals surface area contributed by atoms with E-state index in [1.165, 1.54) is 0 Å². The molecule has 0 aliphatic carbocycles. The molecule has 0 unspecified atom stereocenters. The Hall–Kier alpha value is -2.57. The van der Waals surface area contributed by atoms with Crippen LogP contribution in [0.2, 0.25) is 0 Å². The van der Waals surface area contributed by atoms with Crippen molar-refractivity contribution < 1.29 is 19.1 Å².